The third-order valence-electron chi connectivity index (χ3n) is 3.34. The first-order valence-electron chi connectivity index (χ1n) is 5.66. The van der Waals surface area contributed by atoms with Crippen LogP contribution >= 0.6 is 0 Å². The number of rotatable bonds is 5. The van der Waals surface area contributed by atoms with Gasteiger partial charge < -0.3 is 5.11 Å². The molecule has 0 aromatic carbocycles. The van der Waals surface area contributed by atoms with Gasteiger partial charge in [0.2, 0.25) is 0 Å². The predicted molar refractivity (Wildman–Crippen MR) is 56.6 cm³/mol. The van der Waals surface area contributed by atoms with Crippen LogP contribution in [0.25, 0.3) is 0 Å². The number of hydrogen-bond donors (Lipinski definition) is 1. The van der Waals surface area contributed by atoms with E-state index in [9.17, 15) is 5.11 Å². The van der Waals surface area contributed by atoms with Crippen molar-refractivity contribution in [1.82, 2.24) is 0 Å². The van der Waals surface area contributed by atoms with Gasteiger partial charge in [0, 0.05) is 0 Å². The van der Waals surface area contributed by atoms with Crippen LogP contribution in [0.15, 0.2) is 0 Å². The topological polar surface area (TPSA) is 20.2 Å². The Hall–Kier alpha value is -0.0400. The van der Waals surface area contributed by atoms with Crippen molar-refractivity contribution in [2.24, 2.45) is 17.8 Å². The zero-order valence-corrected chi connectivity index (χ0v) is 9.51. The molecule has 1 N–H and O–H groups in total. The molecule has 0 aliphatic heterocycles. The summed E-state index contributed by atoms with van der Waals surface area (Å²) in [7, 11) is 0. The minimum Gasteiger partial charge on any atom is -0.390 e. The number of hydrogen-bond acceptors (Lipinski definition) is 1. The summed E-state index contributed by atoms with van der Waals surface area (Å²) < 4.78 is 0. The van der Waals surface area contributed by atoms with Gasteiger partial charge in [-0.15, -0.1) is 0 Å². The van der Waals surface area contributed by atoms with Gasteiger partial charge in [-0.2, -0.15) is 0 Å². The van der Waals surface area contributed by atoms with Gasteiger partial charge in [-0.05, 0) is 50.9 Å². The van der Waals surface area contributed by atoms with Crippen LogP contribution in [0.3, 0.4) is 0 Å². The fourth-order valence-electron chi connectivity index (χ4n) is 2.24. The molecule has 1 saturated carbocycles. The second-order valence-electron chi connectivity index (χ2n) is 5.40. The van der Waals surface area contributed by atoms with E-state index in [1.165, 1.54) is 19.3 Å². The lowest BCUT2D eigenvalue weighted by molar-refractivity contribution is 0.0369. The molecular formula is C12H24O. The summed E-state index contributed by atoms with van der Waals surface area (Å²) in [4.78, 5) is 0. The van der Waals surface area contributed by atoms with Crippen molar-refractivity contribution in [3.63, 3.8) is 0 Å². The lowest BCUT2D eigenvalue weighted by Crippen LogP contribution is -2.27. The van der Waals surface area contributed by atoms with Crippen LogP contribution in [0.2, 0.25) is 0 Å². The summed E-state index contributed by atoms with van der Waals surface area (Å²) in [6, 6.07) is 0. The highest BCUT2D eigenvalue weighted by Crippen LogP contribution is 2.44. The Morgan fingerprint density at radius 1 is 1.38 bits per heavy atom. The van der Waals surface area contributed by atoms with Crippen molar-refractivity contribution >= 4 is 0 Å². The molecule has 2 unspecified atom stereocenters. The van der Waals surface area contributed by atoms with Gasteiger partial charge in [-0.1, -0.05) is 20.3 Å². The molecule has 1 heteroatoms. The molecule has 1 rings (SSSR count). The van der Waals surface area contributed by atoms with Crippen molar-refractivity contribution in [3.05, 3.63) is 0 Å². The first kappa shape index (κ1) is 11.0. The highest BCUT2D eigenvalue weighted by Gasteiger charge is 2.36. The maximum Gasteiger partial charge on any atom is 0.0594 e. The fraction of sp³-hybridized carbons (Fsp3) is 1.00. The van der Waals surface area contributed by atoms with E-state index in [1.54, 1.807) is 0 Å². The molecule has 1 fully saturated rings. The summed E-state index contributed by atoms with van der Waals surface area (Å²) in [5.74, 6) is 2.45. The maximum atomic E-state index is 9.81. The summed E-state index contributed by atoms with van der Waals surface area (Å²) in [5.41, 5.74) is -0.476. The van der Waals surface area contributed by atoms with Crippen molar-refractivity contribution in [2.75, 3.05) is 0 Å². The molecule has 1 aliphatic rings. The van der Waals surface area contributed by atoms with Crippen LogP contribution in [0, 0.1) is 17.8 Å². The van der Waals surface area contributed by atoms with E-state index < -0.39 is 5.60 Å². The highest BCUT2D eigenvalue weighted by atomic mass is 16.3. The lowest BCUT2D eigenvalue weighted by Gasteiger charge is -2.29. The van der Waals surface area contributed by atoms with E-state index in [2.05, 4.69) is 13.8 Å². The standard InChI is InChI=1S/C12H24O/c1-5-9(2)11(10-6-7-10)8-12(3,4)13/h9-11,13H,5-8H2,1-4H3. The van der Waals surface area contributed by atoms with Crippen LogP contribution < -0.4 is 0 Å². The predicted octanol–water partition coefficient (Wildman–Crippen LogP) is 3.22. The average Bonchev–Trinajstić information content (AvgIpc) is 2.79. The van der Waals surface area contributed by atoms with E-state index in [0.29, 0.717) is 0 Å². The van der Waals surface area contributed by atoms with Gasteiger partial charge >= 0.3 is 0 Å². The summed E-state index contributed by atoms with van der Waals surface area (Å²) in [5, 5.41) is 9.81. The zero-order valence-electron chi connectivity index (χ0n) is 9.51. The van der Waals surface area contributed by atoms with Gasteiger partial charge in [0.05, 0.1) is 5.60 Å². The van der Waals surface area contributed by atoms with Crippen molar-refractivity contribution < 1.29 is 5.11 Å². The molecule has 0 amide bonds. The SMILES string of the molecule is CCC(C)C(CC(C)(C)O)C1CC1. The van der Waals surface area contributed by atoms with E-state index in [-0.39, 0.29) is 0 Å². The van der Waals surface area contributed by atoms with Crippen LogP contribution in [0.5, 0.6) is 0 Å². The maximum absolute atomic E-state index is 9.81. The molecule has 0 saturated heterocycles. The molecule has 13 heavy (non-hydrogen) atoms. The van der Waals surface area contributed by atoms with Crippen LogP contribution in [0.4, 0.5) is 0 Å². The Morgan fingerprint density at radius 2 is 1.92 bits per heavy atom. The van der Waals surface area contributed by atoms with Crippen molar-refractivity contribution in [1.29, 1.82) is 0 Å². The van der Waals surface area contributed by atoms with E-state index in [4.69, 9.17) is 0 Å². The first-order chi connectivity index (χ1) is 5.94. The molecule has 0 aromatic rings. The molecule has 2 atom stereocenters. The highest BCUT2D eigenvalue weighted by molar-refractivity contribution is 4.87. The molecule has 0 radical (unpaired) electrons. The van der Waals surface area contributed by atoms with Crippen LogP contribution in [-0.4, -0.2) is 10.7 Å². The summed E-state index contributed by atoms with van der Waals surface area (Å²) in [6.45, 7) is 8.45. The molecule has 1 nitrogen and oxygen atoms in total. The smallest absolute Gasteiger partial charge is 0.0594 e. The third kappa shape index (κ3) is 3.68. The molecular weight excluding hydrogens is 160 g/mol. The van der Waals surface area contributed by atoms with E-state index in [0.717, 1.165) is 24.2 Å². The second-order valence-corrected chi connectivity index (χ2v) is 5.40. The largest absolute Gasteiger partial charge is 0.390 e. The fourth-order valence-corrected chi connectivity index (χ4v) is 2.24. The molecule has 0 bridgehead atoms. The van der Waals surface area contributed by atoms with Crippen molar-refractivity contribution in [3.8, 4) is 0 Å². The minimum absolute atomic E-state index is 0.476. The molecule has 1 aliphatic carbocycles. The Bertz CT molecular complexity index is 153. The Balaban J connectivity index is 2.47. The lowest BCUT2D eigenvalue weighted by atomic mass is 9.80. The van der Waals surface area contributed by atoms with Crippen LogP contribution in [-0.2, 0) is 0 Å². The van der Waals surface area contributed by atoms with Crippen LogP contribution in [0.1, 0.15) is 53.4 Å². The average molecular weight is 184 g/mol. The van der Waals surface area contributed by atoms with Gasteiger partial charge in [-0.3, -0.25) is 0 Å². The van der Waals surface area contributed by atoms with Crippen molar-refractivity contribution in [2.45, 2.75) is 59.0 Å². The normalized spacial score (nSPS) is 22.8. The summed E-state index contributed by atoms with van der Waals surface area (Å²) >= 11 is 0. The second kappa shape index (κ2) is 4.00. The Morgan fingerprint density at radius 3 is 2.23 bits per heavy atom. The minimum atomic E-state index is -0.476. The third-order valence-corrected chi connectivity index (χ3v) is 3.34. The van der Waals surface area contributed by atoms with E-state index in [1.807, 2.05) is 13.8 Å². The molecule has 0 heterocycles. The summed E-state index contributed by atoms with van der Waals surface area (Å²) in [6.07, 6.45) is 5.01. The van der Waals surface area contributed by atoms with E-state index >= 15 is 0 Å². The Labute approximate surface area is 82.5 Å². The van der Waals surface area contributed by atoms with Gasteiger partial charge in [0.1, 0.15) is 0 Å². The number of aliphatic hydroxyl groups is 1. The molecule has 0 spiro atoms. The van der Waals surface area contributed by atoms with Gasteiger partial charge in [-0.25, -0.2) is 0 Å². The molecule has 0 aromatic heterocycles. The van der Waals surface area contributed by atoms with Gasteiger partial charge in [0.25, 0.3) is 0 Å². The van der Waals surface area contributed by atoms with Gasteiger partial charge in [0.15, 0.2) is 0 Å². The quantitative estimate of drug-likeness (QED) is 0.695. The molecule has 78 valence electrons. The Kier molecular flexibility index (Phi) is 3.39. The monoisotopic (exact) mass is 184 g/mol. The zero-order chi connectivity index (χ0) is 10.1. The first-order valence-corrected chi connectivity index (χ1v) is 5.66.